The third-order valence-corrected chi connectivity index (χ3v) is 13.1. The van der Waals surface area contributed by atoms with Crippen LogP contribution in [0.15, 0.2) is 73.4 Å². The molecule has 0 unspecified atom stereocenters. The van der Waals surface area contributed by atoms with E-state index in [0.717, 1.165) is 15.7 Å². The van der Waals surface area contributed by atoms with E-state index in [1.807, 2.05) is 65.0 Å². The van der Waals surface area contributed by atoms with Crippen LogP contribution in [0.4, 0.5) is 8.78 Å². The van der Waals surface area contributed by atoms with Crippen molar-refractivity contribution in [2.75, 3.05) is 40.4 Å². The lowest BCUT2D eigenvalue weighted by Crippen LogP contribution is -2.62. The molecule has 352 valence electrons. The summed E-state index contributed by atoms with van der Waals surface area (Å²) in [7, 11) is 3.11. The van der Waals surface area contributed by atoms with E-state index in [4.69, 9.17) is 9.47 Å². The van der Waals surface area contributed by atoms with Crippen molar-refractivity contribution in [3.63, 3.8) is 0 Å². The summed E-state index contributed by atoms with van der Waals surface area (Å²) in [6, 6.07) is 13.4. The van der Waals surface area contributed by atoms with Crippen LogP contribution in [0.2, 0.25) is 0 Å². The lowest BCUT2D eigenvalue weighted by molar-refractivity contribution is -0.155. The highest BCUT2D eigenvalue weighted by Gasteiger charge is 2.40. The van der Waals surface area contributed by atoms with Crippen LogP contribution in [0.1, 0.15) is 83.4 Å². The molecule has 2 saturated heterocycles. The summed E-state index contributed by atoms with van der Waals surface area (Å²) < 4.78 is 43.7. The molecule has 5 heterocycles. The van der Waals surface area contributed by atoms with Gasteiger partial charge < -0.3 is 24.6 Å². The quantitative estimate of drug-likeness (QED) is 0.132. The number of hydrazine groups is 1. The number of cyclic esters (lactones) is 1. The molecule has 16 heteroatoms. The Hall–Kier alpha value is -6.00. The molecular formula is C50H61F2N7O7. The number of amides is 4. The van der Waals surface area contributed by atoms with Crippen molar-refractivity contribution >= 4 is 40.5 Å². The van der Waals surface area contributed by atoms with E-state index in [9.17, 15) is 24.0 Å². The first-order valence-electron chi connectivity index (χ1n) is 22.7. The van der Waals surface area contributed by atoms with E-state index in [0.29, 0.717) is 64.8 Å². The third kappa shape index (κ3) is 9.90. The Labute approximate surface area is 384 Å². The van der Waals surface area contributed by atoms with Gasteiger partial charge in [-0.2, -0.15) is 8.78 Å². The smallest absolute Gasteiger partial charge is 0.324 e. The van der Waals surface area contributed by atoms with Gasteiger partial charge in [0, 0.05) is 62.8 Å². The van der Waals surface area contributed by atoms with Crippen LogP contribution in [0.25, 0.3) is 33.3 Å². The Bertz CT molecular complexity index is 2510. The summed E-state index contributed by atoms with van der Waals surface area (Å²) in [5.41, 5.74) is 6.77. The lowest BCUT2D eigenvalue weighted by Gasteiger charge is -2.37. The average Bonchev–Trinajstić information content (AvgIpc) is 3.92. The number of rotatable bonds is 10. The molecule has 14 nitrogen and oxygen atoms in total. The fraction of sp³-hybridized carbons (Fsp3) is 0.480. The number of hydrogen-bond donors (Lipinski definition) is 2. The van der Waals surface area contributed by atoms with Crippen molar-refractivity contribution in [3.05, 3.63) is 90.3 Å². The number of carbonyl (C=O) groups is 5. The standard InChI is InChI=1S/C50H61F2N7O7/c1-9-41(60)57-22-19-34(27-57)46(62)56(7)43(29(2)3)45(61)54-39-24-31-13-10-14-32(23-31)33-17-18-40-36(25-33)37(44(59(40)49(51)52)35-15-11-20-53-42(35)30(4)65-8)26-50(5,6)28-66-48(64)38-16-12-21-58(55-38)47(39)63/h9-11,13-15,17-18,20,23,25,29-30,34,38-39,43,49,55H,1,12,16,19,21-22,24,26-28H2,2-8H3,(H,54,61)/t30-,34-,38-,39-,43-/m0/s1. The van der Waals surface area contributed by atoms with Gasteiger partial charge in [-0.05, 0) is 91.1 Å². The Balaban J connectivity index is 1.30. The van der Waals surface area contributed by atoms with Gasteiger partial charge in [0.15, 0.2) is 0 Å². The fourth-order valence-corrected chi connectivity index (χ4v) is 9.70. The van der Waals surface area contributed by atoms with Crippen LogP contribution in [0, 0.1) is 17.3 Å². The summed E-state index contributed by atoms with van der Waals surface area (Å²) in [6.45, 7) is 10.8. The molecule has 4 amide bonds. The lowest BCUT2D eigenvalue weighted by atomic mass is 9.84. The van der Waals surface area contributed by atoms with Gasteiger partial charge in [-0.15, -0.1) is 0 Å². The van der Waals surface area contributed by atoms with Crippen LogP contribution >= 0.6 is 0 Å². The van der Waals surface area contributed by atoms with Gasteiger partial charge in [-0.25, -0.2) is 5.43 Å². The van der Waals surface area contributed by atoms with Crippen molar-refractivity contribution < 1.29 is 42.2 Å². The molecule has 2 aromatic heterocycles. The topological polar surface area (TPSA) is 155 Å². The number of aromatic nitrogens is 2. The second-order valence-electron chi connectivity index (χ2n) is 18.9. The zero-order chi connectivity index (χ0) is 47.6. The predicted molar refractivity (Wildman–Crippen MR) is 246 cm³/mol. The number of likely N-dealkylation sites (tertiary alicyclic amines) is 1. The third-order valence-electron chi connectivity index (χ3n) is 13.1. The number of pyridine rings is 1. The molecule has 0 spiro atoms. The second-order valence-corrected chi connectivity index (χ2v) is 18.9. The number of hydrogen-bond acceptors (Lipinski definition) is 9. The molecule has 0 saturated carbocycles. The largest absolute Gasteiger partial charge is 0.464 e. The van der Waals surface area contributed by atoms with E-state index in [-0.39, 0.29) is 50.3 Å². The second kappa shape index (κ2) is 19.8. The van der Waals surface area contributed by atoms with E-state index >= 15 is 8.78 Å². The number of carbonyl (C=O) groups excluding carboxylic acids is 5. The molecule has 2 aromatic carbocycles. The summed E-state index contributed by atoms with van der Waals surface area (Å²) in [4.78, 5) is 76.7. The highest BCUT2D eigenvalue weighted by Crippen LogP contribution is 2.44. The molecule has 4 aromatic rings. The molecule has 3 aliphatic heterocycles. The minimum Gasteiger partial charge on any atom is -0.464 e. The van der Waals surface area contributed by atoms with Crippen molar-refractivity contribution in [2.45, 2.75) is 97.5 Å². The van der Waals surface area contributed by atoms with Crippen LogP contribution < -0.4 is 10.7 Å². The number of halogens is 2. The number of methoxy groups -OCH3 is 1. The van der Waals surface area contributed by atoms with Crippen molar-refractivity contribution in [2.24, 2.45) is 17.3 Å². The van der Waals surface area contributed by atoms with Gasteiger partial charge in [0.25, 0.3) is 5.91 Å². The summed E-state index contributed by atoms with van der Waals surface area (Å²) in [5, 5.41) is 4.95. The number of esters is 1. The Kier molecular flexibility index (Phi) is 14.4. The Morgan fingerprint density at radius 2 is 1.80 bits per heavy atom. The van der Waals surface area contributed by atoms with Crippen LogP contribution in [-0.2, 0) is 46.3 Å². The van der Waals surface area contributed by atoms with E-state index in [1.54, 1.807) is 49.5 Å². The maximum absolute atomic E-state index is 15.5. The molecule has 0 aliphatic carbocycles. The van der Waals surface area contributed by atoms with Crippen molar-refractivity contribution in [1.82, 2.24) is 35.1 Å². The number of ether oxygens (including phenoxy) is 2. The summed E-state index contributed by atoms with van der Waals surface area (Å²) >= 11 is 0. The average molecular weight is 910 g/mol. The van der Waals surface area contributed by atoms with Crippen molar-refractivity contribution in [3.8, 4) is 22.4 Å². The molecule has 5 atom stereocenters. The van der Waals surface area contributed by atoms with Gasteiger partial charge in [0.05, 0.1) is 35.5 Å². The number of fused-ring (bicyclic) bond motifs is 6. The first kappa shape index (κ1) is 47.9. The maximum atomic E-state index is 15.5. The molecule has 7 rings (SSSR count). The van der Waals surface area contributed by atoms with Gasteiger partial charge in [0.2, 0.25) is 17.7 Å². The molecule has 2 fully saturated rings. The number of alkyl halides is 2. The number of nitrogens with one attached hydrogen (secondary N) is 2. The predicted octanol–water partition coefficient (Wildman–Crippen LogP) is 6.64. The molecule has 2 N–H and O–H groups in total. The van der Waals surface area contributed by atoms with Gasteiger partial charge in [-0.1, -0.05) is 64.6 Å². The molecule has 3 aliphatic rings. The molecule has 0 radical (unpaired) electrons. The van der Waals surface area contributed by atoms with Crippen LogP contribution in [0.5, 0.6) is 0 Å². The highest BCUT2D eigenvalue weighted by atomic mass is 19.3. The summed E-state index contributed by atoms with van der Waals surface area (Å²) in [6.07, 6.45) is 3.92. The highest BCUT2D eigenvalue weighted by molar-refractivity contribution is 5.96. The van der Waals surface area contributed by atoms with E-state index in [2.05, 4.69) is 22.3 Å². The van der Waals surface area contributed by atoms with Gasteiger partial charge in [0.1, 0.15) is 18.1 Å². The molecule has 6 bridgehead atoms. The zero-order valence-electron chi connectivity index (χ0n) is 38.8. The number of benzene rings is 2. The van der Waals surface area contributed by atoms with E-state index < -0.39 is 59.9 Å². The normalized spacial score (nSPS) is 21.0. The first-order valence-corrected chi connectivity index (χ1v) is 22.7. The van der Waals surface area contributed by atoms with Crippen molar-refractivity contribution in [1.29, 1.82) is 0 Å². The zero-order valence-corrected chi connectivity index (χ0v) is 38.8. The monoisotopic (exact) mass is 909 g/mol. The van der Waals surface area contributed by atoms with Crippen LogP contribution in [-0.4, -0.2) is 112 Å². The molecular weight excluding hydrogens is 849 g/mol. The fourth-order valence-electron chi connectivity index (χ4n) is 9.70. The Morgan fingerprint density at radius 3 is 2.52 bits per heavy atom. The minimum absolute atomic E-state index is 0.0461. The maximum Gasteiger partial charge on any atom is 0.324 e. The minimum atomic E-state index is -2.92. The Morgan fingerprint density at radius 1 is 1.05 bits per heavy atom. The number of likely N-dealkylation sites (N-methyl/N-ethyl adjacent to an activating group) is 1. The van der Waals surface area contributed by atoms with Gasteiger partial charge >= 0.3 is 12.5 Å². The summed E-state index contributed by atoms with van der Waals surface area (Å²) in [5.74, 6) is -2.97. The number of nitrogens with zero attached hydrogens (tertiary/aromatic N) is 5. The van der Waals surface area contributed by atoms with E-state index in [1.165, 1.54) is 16.0 Å². The first-order chi connectivity index (χ1) is 31.4. The molecule has 66 heavy (non-hydrogen) atoms. The van der Waals surface area contributed by atoms with Crippen LogP contribution in [0.3, 0.4) is 0 Å². The SMILES string of the molecule is C=CC(=O)N1CC[C@H](C(=O)N(C)[C@H](C(=O)N[C@H]2Cc3cccc(c3)-c3ccc4c(c3)c(c(-c3cccnc3[C@H](C)OC)n4C(F)F)CC(C)(C)COC(=O)[C@@H]3CCCN(N3)C2=O)C(C)C)C1. The van der Waals surface area contributed by atoms with Gasteiger partial charge in [-0.3, -0.25) is 38.5 Å².